The van der Waals surface area contributed by atoms with E-state index in [1.807, 2.05) is 11.0 Å². The number of likely N-dealkylation sites (tertiary alicyclic amines) is 1. The molecule has 2 unspecified atom stereocenters. The van der Waals surface area contributed by atoms with E-state index in [0.717, 1.165) is 38.0 Å². The van der Waals surface area contributed by atoms with Crippen LogP contribution in [-0.4, -0.2) is 45.4 Å². The molecule has 1 aromatic heterocycles. The van der Waals surface area contributed by atoms with E-state index in [2.05, 4.69) is 29.2 Å². The lowest BCUT2D eigenvalue weighted by Crippen LogP contribution is -2.32. The molecule has 23 heavy (non-hydrogen) atoms. The molecule has 3 heterocycles. The van der Waals surface area contributed by atoms with Crippen LogP contribution in [0.15, 0.2) is 11.2 Å². The molecule has 5 rings (SSSR count). The third kappa shape index (κ3) is 2.03. The van der Waals surface area contributed by atoms with Gasteiger partial charge in [0.1, 0.15) is 11.3 Å². The molecule has 2 saturated carbocycles. The molecule has 0 bridgehead atoms. The lowest BCUT2D eigenvalue weighted by atomic mass is 10.0. The van der Waals surface area contributed by atoms with E-state index < -0.39 is 0 Å². The predicted octanol–water partition coefficient (Wildman–Crippen LogP) is 2.16. The molecule has 0 radical (unpaired) electrons. The summed E-state index contributed by atoms with van der Waals surface area (Å²) in [7, 11) is 0. The number of nitrogens with one attached hydrogen (secondary N) is 1. The Hall–Kier alpha value is -1.85. The molecule has 1 aromatic rings. The Morgan fingerprint density at radius 3 is 2.70 bits per heavy atom. The summed E-state index contributed by atoms with van der Waals surface area (Å²) in [5.74, 6) is 2.14. The van der Waals surface area contributed by atoms with Crippen molar-refractivity contribution in [1.82, 2.24) is 15.1 Å². The average Bonchev–Trinajstić information content (AvgIpc) is 3.16. The largest absolute Gasteiger partial charge is 0.389 e. The van der Waals surface area contributed by atoms with Gasteiger partial charge in [-0.25, -0.2) is 0 Å². The summed E-state index contributed by atoms with van der Waals surface area (Å²) >= 11 is 0. The minimum atomic E-state index is 0.0578. The molecule has 2 atom stereocenters. The summed E-state index contributed by atoms with van der Waals surface area (Å²) in [6, 6.07) is 1.89. The monoisotopic (exact) mass is 314 g/mol. The summed E-state index contributed by atoms with van der Waals surface area (Å²) in [4.78, 5) is 20.1. The summed E-state index contributed by atoms with van der Waals surface area (Å²) in [6.07, 6.45) is 3.34. The fourth-order valence-electron chi connectivity index (χ4n) is 4.23. The van der Waals surface area contributed by atoms with Crippen LogP contribution in [0.2, 0.25) is 0 Å². The smallest absolute Gasteiger partial charge is 0.274 e. The van der Waals surface area contributed by atoms with Crippen molar-refractivity contribution >= 4 is 11.6 Å². The molecule has 122 valence electrons. The van der Waals surface area contributed by atoms with Gasteiger partial charge in [-0.1, -0.05) is 19.0 Å². The molecule has 1 saturated heterocycles. The van der Waals surface area contributed by atoms with Crippen molar-refractivity contribution in [2.24, 2.45) is 22.9 Å². The second-order valence-electron chi connectivity index (χ2n) is 7.96. The fraction of sp³-hybridized carbons (Fsp3) is 0.706. The summed E-state index contributed by atoms with van der Waals surface area (Å²) < 4.78 is 0. The van der Waals surface area contributed by atoms with Gasteiger partial charge in [0.25, 0.3) is 5.91 Å². The lowest BCUT2D eigenvalue weighted by Gasteiger charge is -2.18. The number of H-pyrrole nitrogens is 1. The molecule has 6 nitrogen and oxygen atoms in total. The number of hydrogen-bond acceptors (Lipinski definition) is 4. The lowest BCUT2D eigenvalue weighted by molar-refractivity contribution is 0.0650. The van der Waals surface area contributed by atoms with Gasteiger partial charge in [0.15, 0.2) is 0 Å². The third-order valence-corrected chi connectivity index (χ3v) is 5.97. The first-order valence-corrected chi connectivity index (χ1v) is 8.66. The van der Waals surface area contributed by atoms with Gasteiger partial charge >= 0.3 is 0 Å². The van der Waals surface area contributed by atoms with Gasteiger partial charge in [0, 0.05) is 31.1 Å². The zero-order chi connectivity index (χ0) is 15.8. The molecule has 6 heteroatoms. The van der Waals surface area contributed by atoms with E-state index in [1.54, 1.807) is 0 Å². The average molecular weight is 314 g/mol. The zero-order valence-electron chi connectivity index (χ0n) is 13.6. The SMILES string of the molecule is CC(C)c1cc(C(=O)N2CC3C(C2)C3C2=NOC3(CC3)C2)n[nH]1. The van der Waals surface area contributed by atoms with Gasteiger partial charge in [-0.05, 0) is 36.7 Å². The Labute approximate surface area is 135 Å². The number of aromatic amines is 1. The van der Waals surface area contributed by atoms with E-state index in [9.17, 15) is 4.79 Å². The van der Waals surface area contributed by atoms with E-state index >= 15 is 0 Å². The van der Waals surface area contributed by atoms with Crippen LogP contribution in [0.1, 0.15) is 55.2 Å². The van der Waals surface area contributed by atoms with Crippen LogP contribution in [0.25, 0.3) is 0 Å². The second-order valence-corrected chi connectivity index (χ2v) is 7.96. The Balaban J connectivity index is 1.22. The number of rotatable bonds is 3. The van der Waals surface area contributed by atoms with Crippen molar-refractivity contribution in [3.05, 3.63) is 17.5 Å². The highest BCUT2D eigenvalue weighted by atomic mass is 16.7. The maximum absolute atomic E-state index is 12.6. The highest BCUT2D eigenvalue weighted by Gasteiger charge is 2.62. The molecule has 0 aromatic carbocycles. The standard InChI is InChI=1S/C17H22N4O2/c1-9(2)12-5-13(19-18-12)16(22)21-7-10-11(8-21)15(10)14-6-17(3-4-17)23-20-14/h5,9-11,15H,3-4,6-8H2,1-2H3,(H,18,19). The van der Waals surface area contributed by atoms with Crippen LogP contribution in [-0.2, 0) is 4.84 Å². The van der Waals surface area contributed by atoms with Crippen LogP contribution in [0, 0.1) is 17.8 Å². The van der Waals surface area contributed by atoms with Crippen LogP contribution < -0.4 is 0 Å². The number of carbonyl (C=O) groups excluding carboxylic acids is 1. The minimum Gasteiger partial charge on any atom is -0.389 e. The Bertz CT molecular complexity index is 691. The number of oxime groups is 1. The molecular formula is C17H22N4O2. The van der Waals surface area contributed by atoms with Crippen molar-refractivity contribution in [3.63, 3.8) is 0 Å². The van der Waals surface area contributed by atoms with Gasteiger partial charge in [-0.2, -0.15) is 5.10 Å². The van der Waals surface area contributed by atoms with Crippen LogP contribution >= 0.6 is 0 Å². The molecule has 2 aliphatic heterocycles. The van der Waals surface area contributed by atoms with E-state index in [-0.39, 0.29) is 11.5 Å². The normalized spacial score (nSPS) is 32.9. The topological polar surface area (TPSA) is 70.6 Å². The van der Waals surface area contributed by atoms with Crippen LogP contribution in [0.4, 0.5) is 0 Å². The van der Waals surface area contributed by atoms with Crippen molar-refractivity contribution in [2.75, 3.05) is 13.1 Å². The Morgan fingerprint density at radius 2 is 2.13 bits per heavy atom. The first kappa shape index (κ1) is 13.6. The number of carbonyl (C=O) groups is 1. The molecule has 4 aliphatic rings. The summed E-state index contributed by atoms with van der Waals surface area (Å²) in [6.45, 7) is 5.86. The summed E-state index contributed by atoms with van der Waals surface area (Å²) in [5.41, 5.74) is 2.91. The molecule has 1 amide bonds. The number of amides is 1. The number of piperidine rings is 1. The van der Waals surface area contributed by atoms with E-state index in [1.165, 1.54) is 5.71 Å². The Kier molecular flexibility index (Phi) is 2.58. The third-order valence-electron chi connectivity index (χ3n) is 5.97. The van der Waals surface area contributed by atoms with E-state index in [0.29, 0.717) is 29.4 Å². The van der Waals surface area contributed by atoms with Crippen molar-refractivity contribution in [1.29, 1.82) is 0 Å². The minimum absolute atomic E-state index is 0.0578. The molecule has 2 aliphatic carbocycles. The Morgan fingerprint density at radius 1 is 1.39 bits per heavy atom. The highest BCUT2D eigenvalue weighted by Crippen LogP contribution is 2.57. The number of aromatic nitrogens is 2. The maximum Gasteiger partial charge on any atom is 0.274 e. The quantitative estimate of drug-likeness (QED) is 0.929. The maximum atomic E-state index is 12.6. The summed E-state index contributed by atoms with van der Waals surface area (Å²) in [5, 5.41) is 11.5. The van der Waals surface area contributed by atoms with Gasteiger partial charge in [0.2, 0.25) is 0 Å². The van der Waals surface area contributed by atoms with Crippen molar-refractivity contribution in [2.45, 2.75) is 44.6 Å². The fourth-order valence-corrected chi connectivity index (χ4v) is 4.23. The van der Waals surface area contributed by atoms with Crippen LogP contribution in [0.5, 0.6) is 0 Å². The van der Waals surface area contributed by atoms with Gasteiger partial charge < -0.3 is 9.74 Å². The van der Waals surface area contributed by atoms with Crippen molar-refractivity contribution < 1.29 is 9.63 Å². The van der Waals surface area contributed by atoms with Gasteiger partial charge in [-0.3, -0.25) is 9.89 Å². The second kappa shape index (κ2) is 4.36. The molecule has 3 fully saturated rings. The molecule has 1 N–H and O–H groups in total. The van der Waals surface area contributed by atoms with E-state index in [4.69, 9.17) is 4.84 Å². The van der Waals surface area contributed by atoms with Gasteiger partial charge in [-0.15, -0.1) is 0 Å². The highest BCUT2D eigenvalue weighted by molar-refractivity contribution is 5.95. The number of fused-ring (bicyclic) bond motifs is 1. The van der Waals surface area contributed by atoms with Crippen LogP contribution in [0.3, 0.4) is 0 Å². The first-order chi connectivity index (χ1) is 11.1. The molecule has 1 spiro atoms. The zero-order valence-corrected chi connectivity index (χ0v) is 13.6. The predicted molar refractivity (Wildman–Crippen MR) is 84.2 cm³/mol. The van der Waals surface area contributed by atoms with Gasteiger partial charge in [0.05, 0.1) is 5.71 Å². The molecular weight excluding hydrogens is 292 g/mol. The number of nitrogens with zero attached hydrogens (tertiary/aromatic N) is 3. The first-order valence-electron chi connectivity index (χ1n) is 8.66. The van der Waals surface area contributed by atoms with Crippen molar-refractivity contribution in [3.8, 4) is 0 Å². The number of hydrogen-bond donors (Lipinski definition) is 1.